The van der Waals surface area contributed by atoms with Crippen molar-refractivity contribution in [3.8, 4) is 0 Å². The minimum Gasteiger partial charge on any atom is -0.463 e. The first kappa shape index (κ1) is 10.8. The Morgan fingerprint density at radius 3 is 2.38 bits per heavy atom. The van der Waals surface area contributed by atoms with Crippen LogP contribution in [0.1, 0.15) is 6.92 Å². The van der Waals surface area contributed by atoms with Crippen molar-refractivity contribution in [1.29, 1.82) is 0 Å². The van der Waals surface area contributed by atoms with E-state index in [4.69, 9.17) is 5.11 Å². The van der Waals surface area contributed by atoms with Crippen LogP contribution in [-0.2, 0) is 26.0 Å². The molecule has 0 rings (SSSR count). The van der Waals surface area contributed by atoms with E-state index in [-0.39, 0.29) is 35.7 Å². The number of ether oxygens (including phenoxy) is 1. The molecule has 0 bridgehead atoms. The first-order chi connectivity index (χ1) is 3.27. The van der Waals surface area contributed by atoms with Crippen molar-refractivity contribution in [3.63, 3.8) is 0 Å². The van der Waals surface area contributed by atoms with E-state index in [0.29, 0.717) is 0 Å². The Balaban J connectivity index is 0. The zero-order valence-corrected chi connectivity index (χ0v) is 5.48. The molecule has 0 unspecified atom stereocenters. The normalized spacial score (nSPS) is 7.25. The molecule has 3 nitrogen and oxygen atoms in total. The molecule has 52 valence electrons. The Labute approximate surface area is 58.0 Å². The van der Waals surface area contributed by atoms with Crippen molar-refractivity contribution in [2.24, 2.45) is 0 Å². The van der Waals surface area contributed by atoms with Crippen LogP contribution in [0.25, 0.3) is 0 Å². The van der Waals surface area contributed by atoms with Crippen LogP contribution in [0.4, 0.5) is 0 Å². The molecule has 0 saturated carbocycles. The van der Waals surface area contributed by atoms with E-state index in [1.807, 2.05) is 0 Å². The predicted molar refractivity (Wildman–Crippen MR) is 23.7 cm³/mol. The van der Waals surface area contributed by atoms with Gasteiger partial charge >= 0.3 is 5.97 Å². The van der Waals surface area contributed by atoms with Gasteiger partial charge in [-0.05, 0) is 0 Å². The van der Waals surface area contributed by atoms with Gasteiger partial charge in [-0.3, -0.25) is 4.79 Å². The van der Waals surface area contributed by atoms with Crippen molar-refractivity contribution < 1.29 is 31.1 Å². The molecule has 1 N–H and O–H groups in total. The van der Waals surface area contributed by atoms with Crippen molar-refractivity contribution in [2.45, 2.75) is 6.92 Å². The van der Waals surface area contributed by atoms with E-state index in [1.54, 1.807) is 0 Å². The van der Waals surface area contributed by atoms with Gasteiger partial charge in [0, 0.05) is 23.4 Å². The Morgan fingerprint density at radius 2 is 2.25 bits per heavy atom. The van der Waals surface area contributed by atoms with Crippen LogP contribution in [0.3, 0.4) is 0 Å². The van der Waals surface area contributed by atoms with Gasteiger partial charge in [0.25, 0.3) is 0 Å². The average Bonchev–Trinajstić information content (AvgIpc) is 1.61. The van der Waals surface area contributed by atoms with E-state index in [9.17, 15) is 4.79 Å². The SMILES string of the molecule is CC(=O)OCCO.[Ni]. The zero-order valence-electron chi connectivity index (χ0n) is 4.49. The summed E-state index contributed by atoms with van der Waals surface area (Å²) in [6.07, 6.45) is 0. The van der Waals surface area contributed by atoms with Gasteiger partial charge in [-0.15, -0.1) is 0 Å². The van der Waals surface area contributed by atoms with Crippen molar-refractivity contribution >= 4 is 5.97 Å². The largest absolute Gasteiger partial charge is 0.463 e. The van der Waals surface area contributed by atoms with Crippen LogP contribution in [0.2, 0.25) is 0 Å². The van der Waals surface area contributed by atoms with Crippen LogP contribution in [0, 0.1) is 0 Å². The Hall–Kier alpha value is -0.0765. The summed E-state index contributed by atoms with van der Waals surface area (Å²) >= 11 is 0. The molecular formula is C4H8NiO3. The summed E-state index contributed by atoms with van der Waals surface area (Å²) in [4.78, 5) is 9.87. The number of hydrogen-bond donors (Lipinski definition) is 1. The first-order valence-electron chi connectivity index (χ1n) is 2.01. The second kappa shape index (κ2) is 6.92. The van der Waals surface area contributed by atoms with Gasteiger partial charge < -0.3 is 9.84 Å². The molecule has 0 aliphatic rings. The molecule has 0 aliphatic heterocycles. The second-order valence-corrected chi connectivity index (χ2v) is 1.06. The maximum atomic E-state index is 9.87. The minimum absolute atomic E-state index is 0. The van der Waals surface area contributed by atoms with Crippen LogP contribution in [-0.4, -0.2) is 24.3 Å². The third-order valence-corrected chi connectivity index (χ3v) is 0.397. The van der Waals surface area contributed by atoms with Gasteiger partial charge in [0.2, 0.25) is 0 Å². The number of aliphatic hydroxyl groups is 1. The molecule has 4 heteroatoms. The number of carbonyl (C=O) groups is 1. The van der Waals surface area contributed by atoms with Crippen molar-refractivity contribution in [2.75, 3.05) is 13.2 Å². The Kier molecular flexibility index (Phi) is 9.37. The predicted octanol–water partition coefficient (Wildman–Crippen LogP) is -0.461. The van der Waals surface area contributed by atoms with E-state index in [2.05, 4.69) is 4.74 Å². The van der Waals surface area contributed by atoms with Gasteiger partial charge in [0.05, 0.1) is 6.61 Å². The quantitative estimate of drug-likeness (QED) is 0.442. The fourth-order valence-electron chi connectivity index (χ4n) is 0.189. The molecule has 0 radical (unpaired) electrons. The first-order valence-corrected chi connectivity index (χ1v) is 2.01. The number of esters is 1. The molecule has 0 saturated heterocycles. The smallest absolute Gasteiger partial charge is 0.302 e. The zero-order chi connectivity index (χ0) is 5.70. The van der Waals surface area contributed by atoms with E-state index >= 15 is 0 Å². The topological polar surface area (TPSA) is 46.5 Å². The van der Waals surface area contributed by atoms with E-state index in [1.165, 1.54) is 6.92 Å². The molecule has 0 amide bonds. The summed E-state index contributed by atoms with van der Waals surface area (Å²) < 4.78 is 4.30. The maximum absolute atomic E-state index is 9.87. The van der Waals surface area contributed by atoms with Crippen molar-refractivity contribution in [3.05, 3.63) is 0 Å². The summed E-state index contributed by atoms with van der Waals surface area (Å²) in [5, 5.41) is 8.04. The van der Waals surface area contributed by atoms with Gasteiger partial charge in [-0.1, -0.05) is 0 Å². The summed E-state index contributed by atoms with van der Waals surface area (Å²) in [6.45, 7) is 1.31. The standard InChI is InChI=1S/C4H8O3.Ni/c1-4(6)7-3-2-5;/h5H,2-3H2,1H3;. The third kappa shape index (κ3) is 9.33. The van der Waals surface area contributed by atoms with Crippen LogP contribution >= 0.6 is 0 Å². The van der Waals surface area contributed by atoms with E-state index < -0.39 is 0 Å². The number of rotatable bonds is 2. The summed E-state index contributed by atoms with van der Waals surface area (Å²) in [6, 6.07) is 0. The molecule has 8 heavy (non-hydrogen) atoms. The summed E-state index contributed by atoms with van der Waals surface area (Å²) in [5.41, 5.74) is 0. The minimum atomic E-state index is -0.353. The molecule has 0 aliphatic carbocycles. The molecule has 0 aromatic carbocycles. The second-order valence-electron chi connectivity index (χ2n) is 1.06. The fraction of sp³-hybridized carbons (Fsp3) is 0.750. The van der Waals surface area contributed by atoms with Crippen LogP contribution < -0.4 is 0 Å². The van der Waals surface area contributed by atoms with Crippen LogP contribution in [0.15, 0.2) is 0 Å². The number of aliphatic hydroxyl groups excluding tert-OH is 1. The van der Waals surface area contributed by atoms with E-state index in [0.717, 1.165) is 0 Å². The molecular weight excluding hydrogens is 155 g/mol. The van der Waals surface area contributed by atoms with Gasteiger partial charge in [0.15, 0.2) is 0 Å². The fourth-order valence-corrected chi connectivity index (χ4v) is 0.189. The molecule has 0 atom stereocenters. The monoisotopic (exact) mass is 162 g/mol. The van der Waals surface area contributed by atoms with Crippen molar-refractivity contribution in [1.82, 2.24) is 0 Å². The Morgan fingerprint density at radius 1 is 1.75 bits per heavy atom. The van der Waals surface area contributed by atoms with Crippen LogP contribution in [0.5, 0.6) is 0 Å². The molecule has 0 fully saturated rings. The third-order valence-electron chi connectivity index (χ3n) is 0.397. The number of hydrogen-bond acceptors (Lipinski definition) is 3. The molecule has 0 aromatic heterocycles. The molecule has 0 spiro atoms. The summed E-state index contributed by atoms with van der Waals surface area (Å²) in [5.74, 6) is -0.353. The van der Waals surface area contributed by atoms with Gasteiger partial charge in [0.1, 0.15) is 6.61 Å². The Bertz CT molecular complexity index is 64.3. The number of carbonyl (C=O) groups excluding carboxylic acids is 1. The maximum Gasteiger partial charge on any atom is 0.302 e. The average molecular weight is 163 g/mol. The molecule has 0 aromatic rings. The van der Waals surface area contributed by atoms with Gasteiger partial charge in [-0.25, -0.2) is 0 Å². The molecule has 0 heterocycles. The van der Waals surface area contributed by atoms with Gasteiger partial charge in [-0.2, -0.15) is 0 Å². The summed E-state index contributed by atoms with van der Waals surface area (Å²) in [7, 11) is 0.